The van der Waals surface area contributed by atoms with Gasteiger partial charge < -0.3 is 19.7 Å². The summed E-state index contributed by atoms with van der Waals surface area (Å²) in [4.78, 5) is 2.11. The summed E-state index contributed by atoms with van der Waals surface area (Å²) in [6, 6.07) is 13.1. The number of benzene rings is 2. The van der Waals surface area contributed by atoms with E-state index in [0.717, 1.165) is 24.5 Å². The first-order chi connectivity index (χ1) is 11.1. The number of hydrogen-bond donors (Lipinski definition) is 1. The van der Waals surface area contributed by atoms with E-state index in [1.165, 1.54) is 22.4 Å². The quantitative estimate of drug-likeness (QED) is 0.941. The Morgan fingerprint density at radius 2 is 1.65 bits per heavy atom. The highest BCUT2D eigenvalue weighted by atomic mass is 16.5. The van der Waals surface area contributed by atoms with Crippen LogP contribution in [0.1, 0.15) is 22.7 Å². The Balaban J connectivity index is 2.00. The van der Waals surface area contributed by atoms with Gasteiger partial charge in [-0.05, 0) is 47.4 Å². The summed E-state index contributed by atoms with van der Waals surface area (Å²) in [6.45, 7) is 0.961. The van der Waals surface area contributed by atoms with Crippen LogP contribution in [0.25, 0.3) is 0 Å². The predicted octanol–water partition coefficient (Wildman–Crippen LogP) is 3.00. The summed E-state index contributed by atoms with van der Waals surface area (Å²) < 4.78 is 10.9. The summed E-state index contributed by atoms with van der Waals surface area (Å²) in [7, 11) is 7.48. The van der Waals surface area contributed by atoms with Crippen LogP contribution < -0.4 is 19.7 Å². The Morgan fingerprint density at radius 3 is 2.26 bits per heavy atom. The van der Waals surface area contributed by atoms with Crippen LogP contribution in [-0.4, -0.2) is 34.9 Å². The summed E-state index contributed by atoms with van der Waals surface area (Å²) >= 11 is 0. The lowest BCUT2D eigenvalue weighted by Crippen LogP contribution is -2.30. The molecule has 1 aliphatic rings. The number of methoxy groups -OCH3 is 2. The summed E-state index contributed by atoms with van der Waals surface area (Å²) in [5, 5.41) is 3.62. The van der Waals surface area contributed by atoms with Crippen molar-refractivity contribution < 1.29 is 9.47 Å². The van der Waals surface area contributed by atoms with Crippen LogP contribution in [0.5, 0.6) is 11.5 Å². The fourth-order valence-corrected chi connectivity index (χ4v) is 3.15. The standard InChI is InChI=1S/C19H24N2O2/c1-21(2)15-7-5-13(6-8-15)19-16-12-18(23-4)17(22-3)11-14(16)9-10-20-19/h5-8,11-12,19-20H,9-10H2,1-4H3/t19-/m1/s1. The molecule has 0 amide bonds. The molecule has 1 N–H and O–H groups in total. The molecule has 1 heterocycles. The molecule has 1 atom stereocenters. The number of nitrogens with one attached hydrogen (secondary N) is 1. The normalized spacial score (nSPS) is 16.6. The number of anilines is 1. The van der Waals surface area contributed by atoms with E-state index < -0.39 is 0 Å². The van der Waals surface area contributed by atoms with Crippen LogP contribution in [0.15, 0.2) is 36.4 Å². The van der Waals surface area contributed by atoms with Gasteiger partial charge in [-0.2, -0.15) is 0 Å². The molecular formula is C19H24N2O2. The summed E-state index contributed by atoms with van der Waals surface area (Å²) in [5.74, 6) is 1.58. The van der Waals surface area contributed by atoms with Crippen molar-refractivity contribution in [3.05, 3.63) is 53.1 Å². The van der Waals surface area contributed by atoms with E-state index in [9.17, 15) is 0 Å². The van der Waals surface area contributed by atoms with Crippen LogP contribution in [0, 0.1) is 0 Å². The second kappa shape index (κ2) is 6.50. The largest absolute Gasteiger partial charge is 0.493 e. The number of hydrogen-bond acceptors (Lipinski definition) is 4. The number of nitrogens with zero attached hydrogens (tertiary/aromatic N) is 1. The van der Waals surface area contributed by atoms with Crippen molar-refractivity contribution in [2.24, 2.45) is 0 Å². The maximum absolute atomic E-state index is 5.48. The fourth-order valence-electron chi connectivity index (χ4n) is 3.15. The van der Waals surface area contributed by atoms with Crippen LogP contribution in [0.2, 0.25) is 0 Å². The lowest BCUT2D eigenvalue weighted by Gasteiger charge is -2.29. The zero-order valence-electron chi connectivity index (χ0n) is 14.2. The molecule has 0 saturated heterocycles. The van der Waals surface area contributed by atoms with Gasteiger partial charge in [-0.1, -0.05) is 12.1 Å². The first-order valence-corrected chi connectivity index (χ1v) is 7.89. The van der Waals surface area contributed by atoms with E-state index in [-0.39, 0.29) is 6.04 Å². The molecular weight excluding hydrogens is 288 g/mol. The maximum atomic E-state index is 5.48. The Hall–Kier alpha value is -2.20. The number of rotatable bonds is 4. The van der Waals surface area contributed by atoms with Crippen molar-refractivity contribution in [3.63, 3.8) is 0 Å². The third-order valence-electron chi connectivity index (χ3n) is 4.44. The van der Waals surface area contributed by atoms with Crippen LogP contribution in [0.3, 0.4) is 0 Å². The lowest BCUT2D eigenvalue weighted by molar-refractivity contribution is 0.353. The van der Waals surface area contributed by atoms with Crippen molar-refractivity contribution in [1.29, 1.82) is 0 Å². The van der Waals surface area contributed by atoms with Crippen molar-refractivity contribution in [2.45, 2.75) is 12.5 Å². The van der Waals surface area contributed by atoms with E-state index in [2.05, 4.69) is 60.7 Å². The third-order valence-corrected chi connectivity index (χ3v) is 4.44. The molecule has 0 radical (unpaired) electrons. The van der Waals surface area contributed by atoms with Gasteiger partial charge in [0.15, 0.2) is 11.5 Å². The van der Waals surface area contributed by atoms with Gasteiger partial charge in [0.25, 0.3) is 0 Å². The predicted molar refractivity (Wildman–Crippen MR) is 93.9 cm³/mol. The molecule has 0 unspecified atom stereocenters. The highest BCUT2D eigenvalue weighted by molar-refractivity contribution is 5.53. The van der Waals surface area contributed by atoms with Crippen LogP contribution in [0.4, 0.5) is 5.69 Å². The van der Waals surface area contributed by atoms with Crippen LogP contribution in [-0.2, 0) is 6.42 Å². The van der Waals surface area contributed by atoms with Gasteiger partial charge in [-0.15, -0.1) is 0 Å². The molecule has 0 fully saturated rings. The molecule has 122 valence electrons. The molecule has 0 bridgehead atoms. The van der Waals surface area contributed by atoms with Crippen molar-refractivity contribution in [1.82, 2.24) is 5.32 Å². The summed E-state index contributed by atoms with van der Waals surface area (Å²) in [5.41, 5.74) is 5.07. The van der Waals surface area contributed by atoms with Crippen molar-refractivity contribution >= 4 is 5.69 Å². The highest BCUT2D eigenvalue weighted by Crippen LogP contribution is 2.37. The van der Waals surface area contributed by atoms with Gasteiger partial charge in [0.05, 0.1) is 20.3 Å². The van der Waals surface area contributed by atoms with Gasteiger partial charge in [0.1, 0.15) is 0 Å². The number of fused-ring (bicyclic) bond motifs is 1. The van der Waals surface area contributed by atoms with Crippen molar-refractivity contribution in [2.75, 3.05) is 39.8 Å². The average Bonchev–Trinajstić information content (AvgIpc) is 2.60. The van der Waals surface area contributed by atoms with Gasteiger partial charge in [0.2, 0.25) is 0 Å². The van der Waals surface area contributed by atoms with E-state index in [1.54, 1.807) is 14.2 Å². The van der Waals surface area contributed by atoms with Crippen LogP contribution >= 0.6 is 0 Å². The molecule has 2 aromatic rings. The van der Waals surface area contributed by atoms with E-state index in [1.807, 2.05) is 0 Å². The minimum Gasteiger partial charge on any atom is -0.493 e. The van der Waals surface area contributed by atoms with Gasteiger partial charge in [-0.3, -0.25) is 0 Å². The first kappa shape index (κ1) is 15.7. The Kier molecular flexibility index (Phi) is 4.44. The Labute approximate surface area is 138 Å². The minimum absolute atomic E-state index is 0.190. The number of ether oxygens (including phenoxy) is 2. The van der Waals surface area contributed by atoms with Gasteiger partial charge in [0, 0.05) is 26.3 Å². The average molecular weight is 312 g/mol. The molecule has 1 aliphatic heterocycles. The molecule has 0 aliphatic carbocycles. The zero-order valence-corrected chi connectivity index (χ0v) is 14.2. The van der Waals surface area contributed by atoms with E-state index in [4.69, 9.17) is 9.47 Å². The lowest BCUT2D eigenvalue weighted by atomic mass is 9.89. The monoisotopic (exact) mass is 312 g/mol. The topological polar surface area (TPSA) is 33.7 Å². The molecule has 0 aromatic heterocycles. The molecule has 0 saturated carbocycles. The first-order valence-electron chi connectivity index (χ1n) is 7.89. The molecule has 4 heteroatoms. The van der Waals surface area contributed by atoms with Gasteiger partial charge in [-0.25, -0.2) is 0 Å². The van der Waals surface area contributed by atoms with Gasteiger partial charge >= 0.3 is 0 Å². The highest BCUT2D eigenvalue weighted by Gasteiger charge is 2.23. The second-order valence-corrected chi connectivity index (χ2v) is 6.03. The molecule has 4 nitrogen and oxygen atoms in total. The molecule has 23 heavy (non-hydrogen) atoms. The zero-order chi connectivity index (χ0) is 16.4. The molecule has 0 spiro atoms. The maximum Gasteiger partial charge on any atom is 0.161 e. The SMILES string of the molecule is COc1cc2c(cc1OC)[C@@H](c1ccc(N(C)C)cc1)NCC2. The minimum atomic E-state index is 0.190. The fraction of sp³-hybridized carbons (Fsp3) is 0.368. The second-order valence-electron chi connectivity index (χ2n) is 6.03. The Morgan fingerprint density at radius 1 is 1.00 bits per heavy atom. The van der Waals surface area contributed by atoms with E-state index >= 15 is 0 Å². The smallest absolute Gasteiger partial charge is 0.161 e. The molecule has 2 aromatic carbocycles. The molecule has 3 rings (SSSR count). The third kappa shape index (κ3) is 2.99. The van der Waals surface area contributed by atoms with Crippen molar-refractivity contribution in [3.8, 4) is 11.5 Å². The Bertz CT molecular complexity index is 681. The van der Waals surface area contributed by atoms with E-state index in [0.29, 0.717) is 0 Å². The summed E-state index contributed by atoms with van der Waals surface area (Å²) in [6.07, 6.45) is 1.00.